The van der Waals surface area contributed by atoms with E-state index in [1.54, 1.807) is 0 Å². The first kappa shape index (κ1) is 16.2. The summed E-state index contributed by atoms with van der Waals surface area (Å²) < 4.78 is 6.41. The van der Waals surface area contributed by atoms with E-state index in [1.807, 2.05) is 6.07 Å². The summed E-state index contributed by atoms with van der Waals surface area (Å²) in [4.78, 5) is 2.46. The van der Waals surface area contributed by atoms with E-state index in [1.165, 1.54) is 5.56 Å². The van der Waals surface area contributed by atoms with Crippen LogP contribution in [0.2, 0.25) is 5.02 Å². The van der Waals surface area contributed by atoms with Crippen molar-refractivity contribution < 1.29 is 4.74 Å². The van der Waals surface area contributed by atoms with E-state index in [2.05, 4.69) is 45.2 Å². The molecule has 1 fully saturated rings. The van der Waals surface area contributed by atoms with Crippen LogP contribution in [0.25, 0.3) is 0 Å². The Labute approximate surface area is 134 Å². The number of ether oxygens (including phenoxy) is 1. The van der Waals surface area contributed by atoms with Crippen LogP contribution in [0.5, 0.6) is 0 Å². The van der Waals surface area contributed by atoms with E-state index < -0.39 is 0 Å². The second-order valence-electron chi connectivity index (χ2n) is 5.02. The van der Waals surface area contributed by atoms with Crippen LogP contribution in [0.3, 0.4) is 0 Å². The standard InChI is InChI=1S/C15H22BrClN2O/c1-2-18-15(5-6-19-7-9-20-10-8-19)13-4-3-12(16)11-14(13)17/h3-4,11,15,18H,2,5-10H2,1H3. The minimum absolute atomic E-state index is 0.309. The first-order valence-electron chi connectivity index (χ1n) is 7.19. The van der Waals surface area contributed by atoms with Gasteiger partial charge < -0.3 is 10.1 Å². The van der Waals surface area contributed by atoms with Gasteiger partial charge in [-0.1, -0.05) is 40.5 Å². The molecule has 0 amide bonds. The van der Waals surface area contributed by atoms with Crippen LogP contribution < -0.4 is 5.32 Å². The molecule has 1 heterocycles. The molecule has 0 bridgehead atoms. The predicted octanol–water partition coefficient (Wildman–Crippen LogP) is 3.48. The predicted molar refractivity (Wildman–Crippen MR) is 87.4 cm³/mol. The zero-order valence-corrected chi connectivity index (χ0v) is 14.2. The summed E-state index contributed by atoms with van der Waals surface area (Å²) in [6.07, 6.45) is 1.06. The van der Waals surface area contributed by atoms with Crippen molar-refractivity contribution in [2.45, 2.75) is 19.4 Å². The van der Waals surface area contributed by atoms with Crippen LogP contribution in [-0.4, -0.2) is 44.3 Å². The molecule has 1 aromatic carbocycles. The normalized spacial score (nSPS) is 18.1. The van der Waals surface area contributed by atoms with Crippen molar-refractivity contribution in [3.63, 3.8) is 0 Å². The van der Waals surface area contributed by atoms with Crippen molar-refractivity contribution in [3.8, 4) is 0 Å². The lowest BCUT2D eigenvalue weighted by atomic mass is 10.0. The number of hydrogen-bond acceptors (Lipinski definition) is 3. The monoisotopic (exact) mass is 360 g/mol. The van der Waals surface area contributed by atoms with Crippen LogP contribution in [0.1, 0.15) is 24.9 Å². The van der Waals surface area contributed by atoms with Gasteiger partial charge >= 0.3 is 0 Å². The highest BCUT2D eigenvalue weighted by molar-refractivity contribution is 9.10. The van der Waals surface area contributed by atoms with E-state index >= 15 is 0 Å². The highest BCUT2D eigenvalue weighted by atomic mass is 79.9. The Hall–Kier alpha value is -0.130. The van der Waals surface area contributed by atoms with E-state index in [9.17, 15) is 0 Å². The second-order valence-corrected chi connectivity index (χ2v) is 6.34. The number of nitrogens with zero attached hydrogens (tertiary/aromatic N) is 1. The molecule has 1 unspecified atom stereocenters. The molecule has 112 valence electrons. The van der Waals surface area contributed by atoms with Crippen molar-refractivity contribution in [1.82, 2.24) is 10.2 Å². The Morgan fingerprint density at radius 1 is 1.40 bits per heavy atom. The molecule has 20 heavy (non-hydrogen) atoms. The van der Waals surface area contributed by atoms with Gasteiger partial charge in [0.05, 0.1) is 13.2 Å². The molecule has 0 radical (unpaired) electrons. The number of rotatable bonds is 6. The first-order valence-corrected chi connectivity index (χ1v) is 8.36. The van der Waals surface area contributed by atoms with Gasteiger partial charge in [-0.2, -0.15) is 0 Å². The molecule has 1 saturated heterocycles. The summed E-state index contributed by atoms with van der Waals surface area (Å²) in [7, 11) is 0. The Kier molecular flexibility index (Phi) is 6.78. The quantitative estimate of drug-likeness (QED) is 0.839. The topological polar surface area (TPSA) is 24.5 Å². The number of hydrogen-bond donors (Lipinski definition) is 1. The van der Waals surface area contributed by atoms with Crippen LogP contribution in [0, 0.1) is 0 Å². The van der Waals surface area contributed by atoms with Gasteiger partial charge in [0.2, 0.25) is 0 Å². The summed E-state index contributed by atoms with van der Waals surface area (Å²) in [6.45, 7) is 7.93. The lowest BCUT2D eigenvalue weighted by Gasteiger charge is -2.29. The largest absolute Gasteiger partial charge is 0.379 e. The number of benzene rings is 1. The van der Waals surface area contributed by atoms with Gasteiger partial charge in [0.15, 0.2) is 0 Å². The molecule has 0 saturated carbocycles. The zero-order chi connectivity index (χ0) is 14.4. The Morgan fingerprint density at radius 3 is 2.80 bits per heavy atom. The van der Waals surface area contributed by atoms with Crippen LogP contribution in [0.15, 0.2) is 22.7 Å². The highest BCUT2D eigenvalue weighted by Gasteiger charge is 2.17. The van der Waals surface area contributed by atoms with Gasteiger partial charge in [-0.3, -0.25) is 4.90 Å². The Balaban J connectivity index is 1.98. The molecule has 0 aliphatic carbocycles. The van der Waals surface area contributed by atoms with Gasteiger partial charge in [-0.15, -0.1) is 0 Å². The first-order chi connectivity index (χ1) is 9.70. The van der Waals surface area contributed by atoms with Crippen molar-refractivity contribution in [1.29, 1.82) is 0 Å². The van der Waals surface area contributed by atoms with Crippen molar-refractivity contribution in [2.24, 2.45) is 0 Å². The fraction of sp³-hybridized carbons (Fsp3) is 0.600. The SMILES string of the molecule is CCNC(CCN1CCOCC1)c1ccc(Br)cc1Cl. The van der Waals surface area contributed by atoms with Crippen LogP contribution in [0.4, 0.5) is 0 Å². The number of morpholine rings is 1. The summed E-state index contributed by atoms with van der Waals surface area (Å²) in [5.74, 6) is 0. The van der Waals surface area contributed by atoms with Gasteiger partial charge in [0.25, 0.3) is 0 Å². The van der Waals surface area contributed by atoms with Gasteiger partial charge in [0.1, 0.15) is 0 Å². The number of nitrogens with one attached hydrogen (secondary N) is 1. The number of halogens is 2. The molecule has 1 N–H and O–H groups in total. The van der Waals surface area contributed by atoms with E-state index in [0.29, 0.717) is 6.04 Å². The molecule has 5 heteroatoms. The fourth-order valence-corrected chi connectivity index (χ4v) is 3.34. The van der Waals surface area contributed by atoms with Crippen LogP contribution in [-0.2, 0) is 4.74 Å². The smallest absolute Gasteiger partial charge is 0.0594 e. The maximum atomic E-state index is 6.38. The summed E-state index contributed by atoms with van der Waals surface area (Å²) in [6, 6.07) is 6.44. The zero-order valence-electron chi connectivity index (χ0n) is 11.9. The molecule has 2 rings (SSSR count). The van der Waals surface area contributed by atoms with Gasteiger partial charge in [0, 0.05) is 35.2 Å². The van der Waals surface area contributed by atoms with Crippen molar-refractivity contribution in [3.05, 3.63) is 33.3 Å². The molecular weight excluding hydrogens is 340 g/mol. The maximum Gasteiger partial charge on any atom is 0.0594 e. The fourth-order valence-electron chi connectivity index (χ4n) is 2.53. The molecule has 0 aromatic heterocycles. The lowest BCUT2D eigenvalue weighted by Crippen LogP contribution is -2.38. The summed E-state index contributed by atoms with van der Waals surface area (Å²) in [5.41, 5.74) is 1.19. The average Bonchev–Trinajstić information content (AvgIpc) is 2.45. The molecule has 1 aliphatic rings. The van der Waals surface area contributed by atoms with E-state index in [4.69, 9.17) is 16.3 Å². The molecule has 0 spiro atoms. The maximum absolute atomic E-state index is 6.38. The highest BCUT2D eigenvalue weighted by Crippen LogP contribution is 2.28. The molecular formula is C15H22BrClN2O. The minimum atomic E-state index is 0.309. The summed E-state index contributed by atoms with van der Waals surface area (Å²) in [5, 5.41) is 4.37. The van der Waals surface area contributed by atoms with Gasteiger partial charge in [-0.05, 0) is 30.7 Å². The molecule has 1 atom stereocenters. The molecule has 3 nitrogen and oxygen atoms in total. The van der Waals surface area contributed by atoms with Crippen molar-refractivity contribution >= 4 is 27.5 Å². The van der Waals surface area contributed by atoms with Gasteiger partial charge in [-0.25, -0.2) is 0 Å². The molecule has 1 aromatic rings. The van der Waals surface area contributed by atoms with E-state index in [0.717, 1.165) is 55.3 Å². The Bertz CT molecular complexity index is 424. The Morgan fingerprint density at radius 2 is 2.15 bits per heavy atom. The van der Waals surface area contributed by atoms with Crippen LogP contribution >= 0.6 is 27.5 Å². The van der Waals surface area contributed by atoms with E-state index in [-0.39, 0.29) is 0 Å². The third kappa shape index (κ3) is 4.71. The average molecular weight is 362 g/mol. The van der Waals surface area contributed by atoms with Crippen molar-refractivity contribution in [2.75, 3.05) is 39.4 Å². The third-order valence-corrected chi connectivity index (χ3v) is 4.45. The second kappa shape index (κ2) is 8.35. The molecule has 1 aliphatic heterocycles. The third-order valence-electron chi connectivity index (χ3n) is 3.63. The minimum Gasteiger partial charge on any atom is -0.379 e. The lowest BCUT2D eigenvalue weighted by molar-refractivity contribution is 0.0361. The summed E-state index contributed by atoms with van der Waals surface area (Å²) >= 11 is 9.84.